The zero-order valence-electron chi connectivity index (χ0n) is 23.2. The Morgan fingerprint density at radius 2 is 1.48 bits per heavy atom. The Balaban J connectivity index is 1.13. The Hall–Kier alpha value is -3.37. The average Bonchev–Trinajstić information content (AvgIpc) is 3.44. The zero-order valence-corrected chi connectivity index (χ0v) is 24.8. The second-order valence-electron chi connectivity index (χ2n) is 9.32. The second-order valence-corrected chi connectivity index (χ2v) is 12.0. The Bertz CT molecular complexity index is 1150. The van der Waals surface area contributed by atoms with Gasteiger partial charge in [-0.2, -0.15) is 0 Å². The number of nitrogens with zero attached hydrogens (tertiary/aromatic N) is 3. The lowest BCUT2D eigenvalue weighted by molar-refractivity contribution is -0.696. The van der Waals surface area contributed by atoms with Gasteiger partial charge in [0.05, 0.1) is 13.1 Å². The molecule has 1 aromatic heterocycles. The summed E-state index contributed by atoms with van der Waals surface area (Å²) in [6, 6.07) is 15.1. The van der Waals surface area contributed by atoms with Crippen molar-refractivity contribution < 1.29 is 14.2 Å². The molecule has 0 atom stereocenters. The Labute approximate surface area is 246 Å². The fraction of sp³-hybridized carbons (Fsp3) is 0.367. The molecule has 2 aromatic carbocycles. The Morgan fingerprint density at radius 3 is 2.12 bits per heavy atom. The monoisotopic (exact) mass is 581 g/mol. The molecule has 0 aliphatic heterocycles. The van der Waals surface area contributed by atoms with Crippen molar-refractivity contribution >= 4 is 45.5 Å². The number of aromatic nitrogens is 2. The average molecular weight is 582 g/mol. The van der Waals surface area contributed by atoms with Crippen LogP contribution in [0.3, 0.4) is 0 Å². The Kier molecular flexibility index (Phi) is 14.7. The molecule has 3 N–H and O–H groups in total. The van der Waals surface area contributed by atoms with E-state index in [4.69, 9.17) is 0 Å². The number of benzene rings is 2. The van der Waals surface area contributed by atoms with Gasteiger partial charge in [-0.25, -0.2) is 9.13 Å². The smallest absolute Gasteiger partial charge is 0.243 e. The van der Waals surface area contributed by atoms with Crippen molar-refractivity contribution in [2.75, 3.05) is 55.4 Å². The van der Waals surface area contributed by atoms with E-state index in [-0.39, 0.29) is 0 Å². The lowest BCUT2D eigenvalue weighted by Crippen LogP contribution is -2.32. The van der Waals surface area contributed by atoms with Crippen LogP contribution in [0.5, 0.6) is 0 Å². The molecule has 0 saturated heterocycles. The third-order valence-electron chi connectivity index (χ3n) is 6.08. The van der Waals surface area contributed by atoms with Crippen LogP contribution in [0, 0.1) is 0 Å². The predicted molar refractivity (Wildman–Crippen MR) is 169 cm³/mol. The summed E-state index contributed by atoms with van der Waals surface area (Å²) in [6.45, 7) is 5.66. The standard InChI is InChI=1S/C30H40N6O2S2/c1-34(17-15-31-12-2-13-32-29-8-4-27(24-37)5-9-29)20-22-39-40-23-21-36-19-18-35(26-36)16-3-14-33-30-10-6-28(25-38)7-11-30/h4-11,15,17-19,24-26,31H,2-3,12-14,16,20-23H2,1H3,(H-,32,33,37,38)/p+1/b17-15-. The largest absolute Gasteiger partial charge is 0.390 e. The van der Waals surface area contributed by atoms with E-state index in [2.05, 4.69) is 62.0 Å². The molecule has 214 valence electrons. The molecule has 0 fully saturated rings. The van der Waals surface area contributed by atoms with Gasteiger partial charge in [-0.15, -0.1) is 0 Å². The van der Waals surface area contributed by atoms with Crippen molar-refractivity contribution in [3.05, 3.63) is 90.8 Å². The number of rotatable bonds is 21. The van der Waals surface area contributed by atoms with Crippen LogP contribution < -0.4 is 20.5 Å². The lowest BCUT2D eigenvalue weighted by atomic mass is 10.2. The molecule has 0 unspecified atom stereocenters. The number of carbonyl (C=O) groups is 2. The van der Waals surface area contributed by atoms with Gasteiger partial charge in [0.1, 0.15) is 25.0 Å². The van der Waals surface area contributed by atoms with E-state index in [1.165, 1.54) is 0 Å². The topological polar surface area (TPSA) is 82.3 Å². The van der Waals surface area contributed by atoms with Gasteiger partial charge in [0.25, 0.3) is 0 Å². The molecule has 0 bridgehead atoms. The van der Waals surface area contributed by atoms with Gasteiger partial charge in [0.15, 0.2) is 0 Å². The lowest BCUT2D eigenvalue weighted by Gasteiger charge is -2.13. The van der Waals surface area contributed by atoms with Crippen molar-refractivity contribution in [1.82, 2.24) is 14.8 Å². The summed E-state index contributed by atoms with van der Waals surface area (Å²) in [7, 11) is 5.95. The first-order valence-corrected chi connectivity index (χ1v) is 16.1. The first-order chi connectivity index (χ1) is 19.7. The van der Waals surface area contributed by atoms with Crippen LogP contribution >= 0.6 is 21.6 Å². The molecule has 0 spiro atoms. The van der Waals surface area contributed by atoms with E-state index in [0.717, 1.165) is 87.6 Å². The van der Waals surface area contributed by atoms with Crippen molar-refractivity contribution in [2.45, 2.75) is 25.9 Å². The van der Waals surface area contributed by atoms with Crippen LogP contribution in [0.1, 0.15) is 33.6 Å². The number of anilines is 2. The minimum atomic E-state index is 0.696. The number of hydrogen-bond donors (Lipinski definition) is 3. The highest BCUT2D eigenvalue weighted by atomic mass is 33.1. The van der Waals surface area contributed by atoms with Crippen molar-refractivity contribution in [1.29, 1.82) is 0 Å². The van der Waals surface area contributed by atoms with Crippen LogP contribution in [0.4, 0.5) is 11.4 Å². The van der Waals surface area contributed by atoms with Gasteiger partial charge in [-0.05, 0) is 55.0 Å². The zero-order chi connectivity index (χ0) is 28.3. The maximum Gasteiger partial charge on any atom is 0.243 e. The van der Waals surface area contributed by atoms with Gasteiger partial charge < -0.3 is 20.9 Å². The third-order valence-corrected chi connectivity index (χ3v) is 8.44. The summed E-state index contributed by atoms with van der Waals surface area (Å²) in [5, 5.41) is 10.1. The third kappa shape index (κ3) is 12.7. The number of imidazole rings is 1. The van der Waals surface area contributed by atoms with Gasteiger partial charge >= 0.3 is 0 Å². The summed E-state index contributed by atoms with van der Waals surface area (Å²) in [6.07, 6.45) is 14.3. The highest BCUT2D eigenvalue weighted by molar-refractivity contribution is 8.76. The fourth-order valence-electron chi connectivity index (χ4n) is 3.76. The number of aldehydes is 2. The first kappa shape index (κ1) is 31.2. The number of nitrogens with one attached hydrogen (secondary N) is 3. The van der Waals surface area contributed by atoms with Crippen molar-refractivity contribution in [2.24, 2.45) is 0 Å². The van der Waals surface area contributed by atoms with E-state index in [1.54, 1.807) is 0 Å². The van der Waals surface area contributed by atoms with Crippen LogP contribution in [0.2, 0.25) is 0 Å². The predicted octanol–water partition coefficient (Wildman–Crippen LogP) is 4.78. The van der Waals surface area contributed by atoms with Gasteiger partial charge in [-0.1, -0.05) is 21.6 Å². The van der Waals surface area contributed by atoms with E-state index < -0.39 is 0 Å². The number of carbonyl (C=O) groups excluding carboxylic acids is 2. The van der Waals surface area contributed by atoms with Crippen LogP contribution in [-0.4, -0.2) is 66.8 Å². The van der Waals surface area contributed by atoms with Crippen molar-refractivity contribution in [3.63, 3.8) is 0 Å². The van der Waals surface area contributed by atoms with E-state index in [0.29, 0.717) is 11.1 Å². The quantitative estimate of drug-likeness (QED) is 0.0718. The minimum absolute atomic E-state index is 0.696. The van der Waals surface area contributed by atoms with E-state index in [1.807, 2.05) is 76.3 Å². The maximum atomic E-state index is 10.7. The highest BCUT2D eigenvalue weighted by Gasteiger charge is 2.04. The van der Waals surface area contributed by atoms with Gasteiger partial charge in [-0.3, -0.25) is 9.59 Å². The SMILES string of the molecule is CN(/C=C\NCCCNc1ccc(C=O)cc1)CCSSCCn1cc[n+](CCCNc2ccc(C=O)cc2)c1. The van der Waals surface area contributed by atoms with Crippen molar-refractivity contribution in [3.8, 4) is 0 Å². The second kappa shape index (κ2) is 18.8. The molecular weight excluding hydrogens is 541 g/mol. The molecule has 0 aliphatic rings. The van der Waals surface area contributed by atoms with Crippen LogP contribution in [0.25, 0.3) is 0 Å². The van der Waals surface area contributed by atoms with Crippen LogP contribution in [-0.2, 0) is 13.1 Å². The normalized spacial score (nSPS) is 10.9. The van der Waals surface area contributed by atoms with E-state index >= 15 is 0 Å². The van der Waals surface area contributed by atoms with E-state index in [9.17, 15) is 9.59 Å². The molecular formula is C30H41N6O2S2+. The fourth-order valence-corrected chi connectivity index (χ4v) is 5.80. The molecule has 40 heavy (non-hydrogen) atoms. The summed E-state index contributed by atoms with van der Waals surface area (Å²) < 4.78 is 4.48. The van der Waals surface area contributed by atoms with Gasteiger partial charge in [0.2, 0.25) is 6.33 Å². The summed E-state index contributed by atoms with van der Waals surface area (Å²) in [4.78, 5) is 23.6. The van der Waals surface area contributed by atoms with Gasteiger partial charge in [0, 0.05) is 86.1 Å². The molecule has 0 saturated carbocycles. The minimum Gasteiger partial charge on any atom is -0.390 e. The molecule has 3 rings (SSSR count). The summed E-state index contributed by atoms with van der Waals surface area (Å²) in [5.74, 6) is 2.16. The first-order valence-electron chi connectivity index (χ1n) is 13.6. The summed E-state index contributed by atoms with van der Waals surface area (Å²) in [5.41, 5.74) is 3.47. The molecule has 10 heteroatoms. The molecule has 3 aromatic rings. The highest BCUT2D eigenvalue weighted by Crippen LogP contribution is 2.21. The van der Waals surface area contributed by atoms with Crippen LogP contribution in [0.15, 0.2) is 79.7 Å². The molecule has 8 nitrogen and oxygen atoms in total. The molecule has 0 amide bonds. The Morgan fingerprint density at radius 1 is 0.850 bits per heavy atom. The molecule has 1 heterocycles. The maximum absolute atomic E-state index is 10.7. The number of hydrogen-bond acceptors (Lipinski definition) is 8. The molecule has 0 aliphatic carbocycles. The number of aryl methyl sites for hydroxylation is 2. The molecule has 0 radical (unpaired) electrons. The summed E-state index contributed by atoms with van der Waals surface area (Å²) >= 11 is 0.